The van der Waals surface area contributed by atoms with Gasteiger partial charge < -0.3 is 10.5 Å². The first-order valence-corrected chi connectivity index (χ1v) is 7.49. The number of nitrogen functional groups attached to an aromatic ring is 1. The molecule has 3 N–H and O–H groups in total. The number of rotatable bonds is 4. The van der Waals surface area contributed by atoms with Gasteiger partial charge in [-0.1, -0.05) is 18.2 Å². The summed E-state index contributed by atoms with van der Waals surface area (Å²) in [6.45, 7) is 1.93. The van der Waals surface area contributed by atoms with E-state index >= 15 is 0 Å². The van der Waals surface area contributed by atoms with Gasteiger partial charge in [0.1, 0.15) is 16.4 Å². The van der Waals surface area contributed by atoms with Crippen molar-refractivity contribution in [1.82, 2.24) is 4.72 Å². The number of hydrogen-bond donors (Lipinski definition) is 2. The van der Waals surface area contributed by atoms with E-state index in [1.54, 1.807) is 6.07 Å². The van der Waals surface area contributed by atoms with Crippen LogP contribution in [0.25, 0.3) is 0 Å². The monoisotopic (exact) mass is 292 g/mol. The first-order valence-electron chi connectivity index (χ1n) is 6.00. The summed E-state index contributed by atoms with van der Waals surface area (Å²) in [5, 5.41) is 0. The molecule has 106 valence electrons. The van der Waals surface area contributed by atoms with Gasteiger partial charge in [0, 0.05) is 6.07 Å². The average Bonchev–Trinajstić information content (AvgIpc) is 2.41. The summed E-state index contributed by atoms with van der Waals surface area (Å²) >= 11 is 0. The molecule has 6 heteroatoms. The zero-order chi connectivity index (χ0) is 14.8. The number of para-hydroxylation sites is 1. The highest BCUT2D eigenvalue weighted by atomic mass is 32.2. The molecule has 0 saturated heterocycles. The fourth-order valence-corrected chi connectivity index (χ4v) is 2.58. The van der Waals surface area contributed by atoms with E-state index in [2.05, 4.69) is 4.72 Å². The molecule has 0 spiro atoms. The number of anilines is 1. The first kappa shape index (κ1) is 14.4. The number of aryl methyl sites for hydroxylation is 1. The molecule has 0 amide bonds. The van der Waals surface area contributed by atoms with Crippen molar-refractivity contribution in [3.8, 4) is 11.5 Å². The highest BCUT2D eigenvalue weighted by Crippen LogP contribution is 2.29. The van der Waals surface area contributed by atoms with Crippen LogP contribution in [0.2, 0.25) is 0 Å². The van der Waals surface area contributed by atoms with Gasteiger partial charge >= 0.3 is 0 Å². The molecule has 0 saturated carbocycles. The summed E-state index contributed by atoms with van der Waals surface area (Å²) in [5.41, 5.74) is 6.90. The molecule has 0 heterocycles. The Morgan fingerprint density at radius 3 is 2.45 bits per heavy atom. The van der Waals surface area contributed by atoms with Gasteiger partial charge in [0.05, 0.1) is 5.69 Å². The summed E-state index contributed by atoms with van der Waals surface area (Å²) in [5.74, 6) is 1.20. The number of hydrogen-bond acceptors (Lipinski definition) is 4. The van der Waals surface area contributed by atoms with Crippen molar-refractivity contribution in [2.45, 2.75) is 11.8 Å². The van der Waals surface area contributed by atoms with E-state index in [0.717, 1.165) is 5.56 Å². The van der Waals surface area contributed by atoms with Crippen molar-refractivity contribution in [3.63, 3.8) is 0 Å². The smallest absolute Gasteiger partial charge is 0.242 e. The lowest BCUT2D eigenvalue weighted by atomic mass is 10.2. The fraction of sp³-hybridized carbons (Fsp3) is 0.143. The second-order valence-corrected chi connectivity index (χ2v) is 6.13. The lowest BCUT2D eigenvalue weighted by molar-refractivity contribution is 0.479. The first-order chi connectivity index (χ1) is 9.44. The number of sulfonamides is 1. The summed E-state index contributed by atoms with van der Waals surface area (Å²) in [6.07, 6.45) is 0. The highest BCUT2D eigenvalue weighted by molar-refractivity contribution is 7.89. The van der Waals surface area contributed by atoms with Crippen LogP contribution in [0.15, 0.2) is 47.4 Å². The van der Waals surface area contributed by atoms with Gasteiger partial charge in [0.15, 0.2) is 0 Å². The number of benzene rings is 2. The SMILES string of the molecule is CNS(=O)(=O)c1ccc(Oc2ccccc2C)cc1N. The molecule has 0 unspecified atom stereocenters. The predicted octanol–water partition coefficient (Wildman–Crippen LogP) is 2.28. The van der Waals surface area contributed by atoms with Crippen molar-refractivity contribution in [1.29, 1.82) is 0 Å². The Morgan fingerprint density at radius 1 is 1.15 bits per heavy atom. The van der Waals surface area contributed by atoms with Crippen LogP contribution in [0.4, 0.5) is 5.69 Å². The lowest BCUT2D eigenvalue weighted by Gasteiger charge is -2.11. The molecule has 0 fully saturated rings. The number of nitrogens with one attached hydrogen (secondary N) is 1. The normalized spacial score (nSPS) is 11.3. The molecular formula is C14H16N2O3S. The summed E-state index contributed by atoms with van der Waals surface area (Å²) in [4.78, 5) is 0.0390. The third-order valence-electron chi connectivity index (χ3n) is 2.86. The zero-order valence-electron chi connectivity index (χ0n) is 11.3. The lowest BCUT2D eigenvalue weighted by Crippen LogP contribution is -2.19. The van der Waals surface area contributed by atoms with E-state index in [1.807, 2.05) is 31.2 Å². The molecule has 0 atom stereocenters. The standard InChI is InChI=1S/C14H16N2O3S/c1-10-5-3-4-6-13(10)19-11-7-8-14(12(15)9-11)20(17,18)16-2/h3-9,16H,15H2,1-2H3. The molecule has 5 nitrogen and oxygen atoms in total. The average molecular weight is 292 g/mol. The van der Waals surface area contributed by atoms with E-state index in [0.29, 0.717) is 11.5 Å². The van der Waals surface area contributed by atoms with Crippen LogP contribution in [-0.2, 0) is 10.0 Å². The van der Waals surface area contributed by atoms with Crippen molar-refractivity contribution in [3.05, 3.63) is 48.0 Å². The minimum Gasteiger partial charge on any atom is -0.457 e. The van der Waals surface area contributed by atoms with Crippen LogP contribution in [0.1, 0.15) is 5.56 Å². The Labute approximate surface area is 118 Å². The van der Waals surface area contributed by atoms with E-state index < -0.39 is 10.0 Å². The summed E-state index contributed by atoms with van der Waals surface area (Å²) < 4.78 is 31.4. The molecule has 2 aromatic rings. The van der Waals surface area contributed by atoms with Crippen LogP contribution < -0.4 is 15.2 Å². The Bertz CT molecular complexity index is 727. The third kappa shape index (κ3) is 2.92. The predicted molar refractivity (Wildman–Crippen MR) is 78.4 cm³/mol. The zero-order valence-corrected chi connectivity index (χ0v) is 12.1. The molecule has 20 heavy (non-hydrogen) atoms. The molecule has 2 rings (SSSR count). The highest BCUT2D eigenvalue weighted by Gasteiger charge is 2.15. The minimum atomic E-state index is -3.56. The van der Waals surface area contributed by atoms with Gasteiger partial charge in [-0.3, -0.25) is 0 Å². The Morgan fingerprint density at radius 2 is 1.85 bits per heavy atom. The van der Waals surface area contributed by atoms with Crippen molar-refractivity contribution in [2.75, 3.05) is 12.8 Å². The summed E-state index contributed by atoms with van der Waals surface area (Å²) in [6, 6.07) is 12.0. The van der Waals surface area contributed by atoms with Crippen molar-refractivity contribution in [2.24, 2.45) is 0 Å². The Balaban J connectivity index is 2.33. The number of ether oxygens (including phenoxy) is 1. The second-order valence-electron chi connectivity index (χ2n) is 4.27. The van der Waals surface area contributed by atoms with Gasteiger partial charge in [-0.05, 0) is 37.7 Å². The Kier molecular flexibility index (Phi) is 3.96. The molecular weight excluding hydrogens is 276 g/mol. The van der Waals surface area contributed by atoms with Crippen LogP contribution >= 0.6 is 0 Å². The van der Waals surface area contributed by atoms with Crippen molar-refractivity contribution < 1.29 is 13.2 Å². The van der Waals surface area contributed by atoms with Crippen molar-refractivity contribution >= 4 is 15.7 Å². The molecule has 0 aromatic heterocycles. The van der Waals surface area contributed by atoms with Gasteiger partial charge in [-0.15, -0.1) is 0 Å². The molecule has 0 aliphatic heterocycles. The molecule has 0 radical (unpaired) electrons. The largest absolute Gasteiger partial charge is 0.457 e. The molecule has 0 aliphatic carbocycles. The fourth-order valence-electron chi connectivity index (χ4n) is 1.74. The van der Waals surface area contributed by atoms with Gasteiger partial charge in [0.25, 0.3) is 0 Å². The number of nitrogens with two attached hydrogens (primary N) is 1. The Hall–Kier alpha value is -2.05. The maximum atomic E-state index is 11.7. The van der Waals surface area contributed by atoms with E-state index in [1.165, 1.54) is 19.2 Å². The topological polar surface area (TPSA) is 81.4 Å². The van der Waals surface area contributed by atoms with Crippen LogP contribution in [0, 0.1) is 6.92 Å². The second kappa shape index (κ2) is 5.52. The van der Waals surface area contributed by atoms with Crippen LogP contribution in [0.3, 0.4) is 0 Å². The maximum absolute atomic E-state index is 11.7. The van der Waals surface area contributed by atoms with Crippen LogP contribution in [0.5, 0.6) is 11.5 Å². The molecule has 0 aliphatic rings. The third-order valence-corrected chi connectivity index (χ3v) is 4.35. The van der Waals surface area contributed by atoms with Gasteiger partial charge in [-0.25, -0.2) is 13.1 Å². The quantitative estimate of drug-likeness (QED) is 0.847. The summed E-state index contributed by atoms with van der Waals surface area (Å²) in [7, 11) is -2.22. The molecule has 0 bridgehead atoms. The maximum Gasteiger partial charge on any atom is 0.242 e. The van der Waals surface area contributed by atoms with E-state index in [9.17, 15) is 8.42 Å². The van der Waals surface area contributed by atoms with Gasteiger partial charge in [0.2, 0.25) is 10.0 Å². The van der Waals surface area contributed by atoms with E-state index in [-0.39, 0.29) is 10.6 Å². The van der Waals surface area contributed by atoms with Gasteiger partial charge in [-0.2, -0.15) is 0 Å². The van der Waals surface area contributed by atoms with Crippen LogP contribution in [-0.4, -0.2) is 15.5 Å². The molecule has 2 aromatic carbocycles. The van der Waals surface area contributed by atoms with E-state index in [4.69, 9.17) is 10.5 Å². The minimum absolute atomic E-state index is 0.0390.